The second-order valence-electron chi connectivity index (χ2n) is 8.91. The molecule has 5 rings (SSSR count). The van der Waals surface area contributed by atoms with Crippen molar-refractivity contribution in [1.82, 2.24) is 10.2 Å². The molecule has 2 heterocycles. The molecule has 0 saturated heterocycles. The van der Waals surface area contributed by atoms with Crippen molar-refractivity contribution >= 4 is 51.9 Å². The van der Waals surface area contributed by atoms with Gasteiger partial charge in [-0.15, -0.1) is 0 Å². The molecular formula is C29H27N5O3S. The van der Waals surface area contributed by atoms with Gasteiger partial charge in [-0.05, 0) is 41.8 Å². The van der Waals surface area contributed by atoms with Crippen molar-refractivity contribution in [2.45, 2.75) is 32.4 Å². The van der Waals surface area contributed by atoms with Gasteiger partial charge >= 0.3 is 0 Å². The molecule has 1 atom stereocenters. The number of nitrogens with one attached hydrogen (secondary N) is 2. The number of thioether (sulfide) groups is 1. The van der Waals surface area contributed by atoms with Gasteiger partial charge in [-0.3, -0.25) is 19.4 Å². The lowest BCUT2D eigenvalue weighted by atomic mass is 10.1. The van der Waals surface area contributed by atoms with Crippen LogP contribution in [0.25, 0.3) is 0 Å². The molecular weight excluding hydrogens is 498 g/mol. The van der Waals surface area contributed by atoms with Gasteiger partial charge in [0.05, 0.1) is 17.9 Å². The minimum Gasteiger partial charge on any atom is -0.352 e. The zero-order chi connectivity index (χ0) is 26.5. The molecule has 0 radical (unpaired) electrons. The lowest BCUT2D eigenvalue weighted by Crippen LogP contribution is -2.42. The summed E-state index contributed by atoms with van der Waals surface area (Å²) in [6.45, 7) is 2.45. The Hall–Kier alpha value is -4.24. The summed E-state index contributed by atoms with van der Waals surface area (Å²) in [5.41, 5.74) is 4.27. The van der Waals surface area contributed by atoms with E-state index in [0.29, 0.717) is 28.9 Å². The predicted molar refractivity (Wildman–Crippen MR) is 151 cm³/mol. The molecule has 9 heteroatoms. The van der Waals surface area contributed by atoms with Gasteiger partial charge in [-0.2, -0.15) is 0 Å². The molecule has 2 aliphatic rings. The predicted octanol–water partition coefficient (Wildman–Crippen LogP) is 4.29. The Bertz CT molecular complexity index is 1420. The van der Waals surface area contributed by atoms with E-state index in [1.54, 1.807) is 0 Å². The van der Waals surface area contributed by atoms with Crippen LogP contribution >= 0.6 is 11.8 Å². The number of rotatable bonds is 8. The first-order valence-electron chi connectivity index (χ1n) is 12.4. The number of benzene rings is 3. The van der Waals surface area contributed by atoms with Crippen molar-refractivity contribution in [1.29, 1.82) is 0 Å². The van der Waals surface area contributed by atoms with Gasteiger partial charge < -0.3 is 10.6 Å². The SMILES string of the molecule is CCc1ccc(NC(=O)CSC2=Nc3ccccc3C3=NC(CC(=O)NCc4ccccc4)C(=O)N23)cc1. The van der Waals surface area contributed by atoms with Gasteiger partial charge in [0.15, 0.2) is 5.17 Å². The third kappa shape index (κ3) is 5.68. The summed E-state index contributed by atoms with van der Waals surface area (Å²) in [7, 11) is 0. The van der Waals surface area contributed by atoms with E-state index in [-0.39, 0.29) is 29.9 Å². The number of anilines is 1. The first kappa shape index (κ1) is 25.4. The van der Waals surface area contributed by atoms with Crippen molar-refractivity contribution in [2.75, 3.05) is 11.1 Å². The summed E-state index contributed by atoms with van der Waals surface area (Å²) in [4.78, 5) is 49.4. The first-order valence-corrected chi connectivity index (χ1v) is 13.4. The summed E-state index contributed by atoms with van der Waals surface area (Å²) in [6.07, 6.45) is 0.856. The molecule has 192 valence electrons. The number of aliphatic imine (C=N–C) groups is 2. The fourth-order valence-corrected chi connectivity index (χ4v) is 5.03. The molecule has 3 aromatic rings. The number of hydrogen-bond donors (Lipinski definition) is 2. The van der Waals surface area contributed by atoms with E-state index in [1.165, 1.54) is 22.2 Å². The van der Waals surface area contributed by atoms with Crippen LogP contribution in [0, 0.1) is 0 Å². The molecule has 0 aromatic heterocycles. The zero-order valence-corrected chi connectivity index (χ0v) is 21.7. The largest absolute Gasteiger partial charge is 0.352 e. The van der Waals surface area contributed by atoms with Crippen LogP contribution in [-0.2, 0) is 27.3 Å². The van der Waals surface area contributed by atoms with Crippen LogP contribution in [0.3, 0.4) is 0 Å². The number of nitrogens with zero attached hydrogens (tertiary/aromatic N) is 3. The van der Waals surface area contributed by atoms with Crippen molar-refractivity contribution in [3.05, 3.63) is 95.6 Å². The van der Waals surface area contributed by atoms with Crippen molar-refractivity contribution in [3.63, 3.8) is 0 Å². The number of carbonyl (C=O) groups excluding carboxylic acids is 3. The van der Waals surface area contributed by atoms with E-state index < -0.39 is 6.04 Å². The fraction of sp³-hybridized carbons (Fsp3) is 0.207. The monoisotopic (exact) mass is 525 g/mol. The lowest BCUT2D eigenvalue weighted by Gasteiger charge is -2.25. The van der Waals surface area contributed by atoms with Crippen molar-refractivity contribution < 1.29 is 14.4 Å². The molecule has 2 aliphatic heterocycles. The highest BCUT2D eigenvalue weighted by atomic mass is 32.2. The van der Waals surface area contributed by atoms with Crippen LogP contribution < -0.4 is 10.6 Å². The molecule has 8 nitrogen and oxygen atoms in total. The topological polar surface area (TPSA) is 103 Å². The van der Waals surface area contributed by atoms with Gasteiger partial charge in [0, 0.05) is 17.8 Å². The highest BCUT2D eigenvalue weighted by Gasteiger charge is 2.42. The van der Waals surface area contributed by atoms with E-state index in [9.17, 15) is 14.4 Å². The first-order chi connectivity index (χ1) is 18.5. The molecule has 3 amide bonds. The van der Waals surface area contributed by atoms with Gasteiger partial charge in [-0.25, -0.2) is 9.89 Å². The quantitative estimate of drug-likeness (QED) is 0.458. The maximum Gasteiger partial charge on any atom is 0.259 e. The third-order valence-electron chi connectivity index (χ3n) is 6.24. The smallest absolute Gasteiger partial charge is 0.259 e. The number of amidine groups is 2. The Morgan fingerprint density at radius 3 is 2.42 bits per heavy atom. The van der Waals surface area contributed by atoms with Crippen molar-refractivity contribution in [3.8, 4) is 0 Å². The number of hydrogen-bond acceptors (Lipinski definition) is 6. The fourth-order valence-electron chi connectivity index (χ4n) is 4.23. The van der Waals surface area contributed by atoms with Crippen molar-refractivity contribution in [2.24, 2.45) is 9.98 Å². The molecule has 2 N–H and O–H groups in total. The summed E-state index contributed by atoms with van der Waals surface area (Å²) in [5.74, 6) is -0.270. The molecule has 38 heavy (non-hydrogen) atoms. The minimum absolute atomic E-state index is 0.0653. The number of aryl methyl sites for hydroxylation is 1. The Morgan fingerprint density at radius 1 is 0.921 bits per heavy atom. The van der Waals surface area contributed by atoms with Crippen LogP contribution in [0.1, 0.15) is 30.0 Å². The summed E-state index contributed by atoms with van der Waals surface area (Å²) >= 11 is 1.17. The minimum atomic E-state index is -0.858. The van der Waals surface area contributed by atoms with E-state index in [4.69, 9.17) is 0 Å². The highest BCUT2D eigenvalue weighted by Crippen LogP contribution is 2.34. The van der Waals surface area contributed by atoms with Crippen LogP contribution in [0.2, 0.25) is 0 Å². The normalized spacial score (nSPS) is 15.8. The molecule has 0 saturated carbocycles. The van der Waals surface area contributed by atoms with Crippen LogP contribution in [0.4, 0.5) is 11.4 Å². The molecule has 3 aromatic carbocycles. The number of para-hydroxylation sites is 1. The van der Waals surface area contributed by atoms with Crippen LogP contribution in [-0.4, -0.2) is 45.4 Å². The standard InChI is InChI=1S/C29H27N5O3S/c1-2-19-12-14-21(15-13-19)31-26(36)18-38-29-33-23-11-7-6-10-22(23)27-32-24(28(37)34(27)29)16-25(35)30-17-20-8-4-3-5-9-20/h3-15,24H,2,16-18H2,1H3,(H,30,35)(H,31,36). The Balaban J connectivity index is 1.27. The Labute approximate surface area is 225 Å². The average molecular weight is 526 g/mol. The molecule has 0 spiro atoms. The van der Waals surface area contributed by atoms with Gasteiger partial charge in [0.2, 0.25) is 11.8 Å². The second-order valence-corrected chi connectivity index (χ2v) is 9.85. The Kier molecular flexibility index (Phi) is 7.65. The molecule has 0 fully saturated rings. The number of fused-ring (bicyclic) bond motifs is 3. The third-order valence-corrected chi connectivity index (χ3v) is 7.18. The zero-order valence-electron chi connectivity index (χ0n) is 20.9. The van der Waals surface area contributed by atoms with E-state index in [1.807, 2.05) is 78.9 Å². The van der Waals surface area contributed by atoms with E-state index in [2.05, 4.69) is 27.5 Å². The van der Waals surface area contributed by atoms with E-state index >= 15 is 0 Å². The average Bonchev–Trinajstić information content (AvgIpc) is 3.27. The molecule has 1 unspecified atom stereocenters. The molecule has 0 bridgehead atoms. The highest BCUT2D eigenvalue weighted by molar-refractivity contribution is 8.14. The molecule has 0 aliphatic carbocycles. The second kappa shape index (κ2) is 11.4. The van der Waals surface area contributed by atoms with Crippen LogP contribution in [0.15, 0.2) is 88.8 Å². The summed E-state index contributed by atoms with van der Waals surface area (Å²) in [5, 5.41) is 6.12. The lowest BCUT2D eigenvalue weighted by molar-refractivity contribution is -0.128. The van der Waals surface area contributed by atoms with E-state index in [0.717, 1.165) is 17.5 Å². The maximum absolute atomic E-state index is 13.4. The maximum atomic E-state index is 13.4. The Morgan fingerprint density at radius 2 is 1.66 bits per heavy atom. The van der Waals surface area contributed by atoms with Gasteiger partial charge in [0.25, 0.3) is 5.91 Å². The number of carbonyl (C=O) groups is 3. The van der Waals surface area contributed by atoms with Crippen LogP contribution in [0.5, 0.6) is 0 Å². The van der Waals surface area contributed by atoms with Gasteiger partial charge in [-0.1, -0.05) is 73.3 Å². The van der Waals surface area contributed by atoms with Gasteiger partial charge in [0.1, 0.15) is 11.9 Å². The summed E-state index contributed by atoms with van der Waals surface area (Å²) in [6, 6.07) is 23.8. The number of amides is 3. The summed E-state index contributed by atoms with van der Waals surface area (Å²) < 4.78 is 0.